The number of methoxy groups -OCH3 is 1. The smallest absolute Gasteiger partial charge is 0.308 e. The Morgan fingerprint density at radius 3 is 2.57 bits per heavy atom. The Morgan fingerprint density at radius 2 is 2.00 bits per heavy atom. The van der Waals surface area contributed by atoms with E-state index in [-0.39, 0.29) is 41.3 Å². The van der Waals surface area contributed by atoms with Gasteiger partial charge in [0, 0.05) is 36.6 Å². The van der Waals surface area contributed by atoms with E-state index in [0.29, 0.717) is 0 Å². The predicted octanol–water partition coefficient (Wildman–Crippen LogP) is 4.34. The Balaban J connectivity index is 0.00000280. The molecule has 7 heteroatoms. The van der Waals surface area contributed by atoms with E-state index in [0.717, 1.165) is 42.9 Å². The Bertz CT molecular complexity index is 684. The molecule has 3 rings (SSSR count). The maximum atomic E-state index is 11.7. The molecule has 0 aromatic heterocycles. The van der Waals surface area contributed by atoms with Crippen LogP contribution in [0, 0.1) is 5.92 Å². The van der Waals surface area contributed by atoms with Gasteiger partial charge in [0.05, 0.1) is 13.0 Å². The highest BCUT2D eigenvalue weighted by atomic mass is 127. The van der Waals surface area contributed by atoms with Crippen molar-refractivity contribution in [2.45, 2.75) is 43.9 Å². The van der Waals surface area contributed by atoms with E-state index in [2.05, 4.69) is 55.4 Å². The Hall–Kier alpha value is -0.830. The molecule has 1 heterocycles. The highest BCUT2D eigenvalue weighted by Gasteiger charge is 2.36. The predicted molar refractivity (Wildman–Crippen MR) is 127 cm³/mol. The molecule has 156 valence electrons. The fourth-order valence-corrected chi connectivity index (χ4v) is 4.91. The van der Waals surface area contributed by atoms with Crippen molar-refractivity contribution < 1.29 is 9.53 Å². The van der Waals surface area contributed by atoms with Crippen molar-refractivity contribution in [1.82, 2.24) is 10.2 Å². The zero-order valence-electron chi connectivity index (χ0n) is 16.7. The molecule has 1 saturated carbocycles. The van der Waals surface area contributed by atoms with E-state index < -0.39 is 0 Å². The number of nitrogens with one attached hydrogen (secondary N) is 1. The number of esters is 1. The second kappa shape index (κ2) is 10.8. The number of hydrogen-bond acceptors (Lipinski definition) is 3. The van der Waals surface area contributed by atoms with Crippen LogP contribution in [0.25, 0.3) is 0 Å². The lowest BCUT2D eigenvalue weighted by molar-refractivity contribution is -0.146. The minimum atomic E-state index is -0.0860. The third-order valence-electron chi connectivity index (χ3n) is 6.12. The molecule has 0 amide bonds. The van der Waals surface area contributed by atoms with Crippen molar-refractivity contribution in [3.05, 3.63) is 34.3 Å². The number of carbonyl (C=O) groups excluding carboxylic acids is 1. The van der Waals surface area contributed by atoms with Crippen LogP contribution >= 0.6 is 39.9 Å². The summed E-state index contributed by atoms with van der Waals surface area (Å²) in [5, 5.41) is 3.64. The molecule has 1 aromatic rings. The number of benzene rings is 1. The van der Waals surface area contributed by atoms with Crippen molar-refractivity contribution in [2.75, 3.05) is 33.8 Å². The van der Waals surface area contributed by atoms with Crippen LogP contribution < -0.4 is 5.32 Å². The van der Waals surface area contributed by atoms with Gasteiger partial charge < -0.3 is 15.0 Å². The highest BCUT2D eigenvalue weighted by molar-refractivity contribution is 14.0. The number of piperidine rings is 1. The van der Waals surface area contributed by atoms with Gasteiger partial charge in [-0.15, -0.1) is 24.0 Å². The molecule has 0 unspecified atom stereocenters. The summed E-state index contributed by atoms with van der Waals surface area (Å²) in [5.41, 5.74) is 1.58. The lowest BCUT2D eigenvalue weighted by Crippen LogP contribution is -2.49. The molecule has 5 nitrogen and oxygen atoms in total. The molecular weight excluding hydrogens is 533 g/mol. The topological polar surface area (TPSA) is 53.9 Å². The molecule has 1 aliphatic carbocycles. The molecule has 1 saturated heterocycles. The van der Waals surface area contributed by atoms with Gasteiger partial charge in [-0.05, 0) is 43.4 Å². The fraction of sp³-hybridized carbons (Fsp3) is 0.619. The van der Waals surface area contributed by atoms with Crippen LogP contribution in [0.2, 0.25) is 0 Å². The van der Waals surface area contributed by atoms with Crippen LogP contribution in [-0.2, 0) is 14.9 Å². The Kier molecular flexibility index (Phi) is 9.05. The summed E-state index contributed by atoms with van der Waals surface area (Å²) in [5.74, 6) is 0.879. The van der Waals surface area contributed by atoms with Crippen molar-refractivity contribution in [2.24, 2.45) is 10.9 Å². The van der Waals surface area contributed by atoms with Gasteiger partial charge in [-0.3, -0.25) is 9.79 Å². The Labute approximate surface area is 193 Å². The number of rotatable bonds is 4. The summed E-state index contributed by atoms with van der Waals surface area (Å²) in [6, 6.07) is 8.73. The summed E-state index contributed by atoms with van der Waals surface area (Å²) < 4.78 is 6.03. The minimum absolute atomic E-state index is 0. The molecular formula is C21H31BrIN3O2. The Morgan fingerprint density at radius 1 is 1.32 bits per heavy atom. The van der Waals surface area contributed by atoms with Gasteiger partial charge in [0.15, 0.2) is 5.96 Å². The van der Waals surface area contributed by atoms with Crippen LogP contribution in [0.3, 0.4) is 0 Å². The second-order valence-electron chi connectivity index (χ2n) is 7.68. The molecule has 1 N–H and O–H groups in total. The van der Waals surface area contributed by atoms with E-state index in [1.54, 1.807) is 0 Å². The summed E-state index contributed by atoms with van der Waals surface area (Å²) in [6.45, 7) is 2.57. The van der Waals surface area contributed by atoms with Gasteiger partial charge in [0.25, 0.3) is 0 Å². The quantitative estimate of drug-likeness (QED) is 0.256. The second-order valence-corrected chi connectivity index (χ2v) is 8.60. The zero-order chi connectivity index (χ0) is 19.3. The number of halogens is 2. The van der Waals surface area contributed by atoms with Crippen LogP contribution in [0.15, 0.2) is 33.7 Å². The molecule has 28 heavy (non-hydrogen) atoms. The number of carbonyl (C=O) groups is 1. The van der Waals surface area contributed by atoms with Crippen molar-refractivity contribution in [1.29, 1.82) is 0 Å². The van der Waals surface area contributed by atoms with Crippen LogP contribution in [0.5, 0.6) is 0 Å². The van der Waals surface area contributed by atoms with Crippen molar-refractivity contribution >= 4 is 51.8 Å². The molecule has 0 bridgehead atoms. The van der Waals surface area contributed by atoms with Crippen molar-refractivity contribution in [3.63, 3.8) is 0 Å². The van der Waals surface area contributed by atoms with Crippen molar-refractivity contribution in [3.8, 4) is 0 Å². The van der Waals surface area contributed by atoms with E-state index in [9.17, 15) is 4.79 Å². The number of aliphatic imine (C=N–C) groups is 1. The highest BCUT2D eigenvalue weighted by Crippen LogP contribution is 2.41. The first-order valence-corrected chi connectivity index (χ1v) is 10.7. The number of hydrogen-bond donors (Lipinski definition) is 1. The number of guanidine groups is 1. The van der Waals surface area contributed by atoms with E-state index in [1.165, 1.54) is 38.4 Å². The maximum absolute atomic E-state index is 11.7. The third-order valence-corrected chi connectivity index (χ3v) is 6.62. The maximum Gasteiger partial charge on any atom is 0.308 e. The molecule has 0 spiro atoms. The lowest BCUT2D eigenvalue weighted by atomic mass is 9.79. The number of nitrogens with zero attached hydrogens (tertiary/aromatic N) is 2. The van der Waals surface area contributed by atoms with Crippen LogP contribution in [0.4, 0.5) is 0 Å². The standard InChI is InChI=1S/C21H30BrN3O2.HI/c1-23-20(25-12-8-16(9-13-25)19(26)27-2)24-15-21(10-3-4-11-21)17-6-5-7-18(22)14-17;/h5-7,14,16H,3-4,8-13,15H2,1-2H3,(H,23,24);1H. The zero-order valence-corrected chi connectivity index (χ0v) is 20.7. The van der Waals surface area contributed by atoms with Gasteiger partial charge >= 0.3 is 5.97 Å². The average molecular weight is 564 g/mol. The SMILES string of the molecule is CN=C(NCC1(c2cccc(Br)c2)CCCC1)N1CCC(C(=O)OC)CC1.I. The van der Waals surface area contributed by atoms with Gasteiger partial charge in [-0.25, -0.2) is 0 Å². The van der Waals surface area contributed by atoms with E-state index >= 15 is 0 Å². The van der Waals surface area contributed by atoms with Crippen LogP contribution in [-0.4, -0.2) is 50.6 Å². The monoisotopic (exact) mass is 563 g/mol. The van der Waals surface area contributed by atoms with Gasteiger partial charge in [-0.2, -0.15) is 0 Å². The summed E-state index contributed by atoms with van der Waals surface area (Å²) >= 11 is 3.62. The third kappa shape index (κ3) is 5.40. The fourth-order valence-electron chi connectivity index (χ4n) is 4.51. The lowest BCUT2D eigenvalue weighted by Gasteiger charge is -2.36. The number of ether oxygens (including phenoxy) is 1. The summed E-state index contributed by atoms with van der Waals surface area (Å²) in [7, 11) is 3.31. The molecule has 2 aliphatic rings. The number of likely N-dealkylation sites (tertiary alicyclic amines) is 1. The first-order chi connectivity index (χ1) is 13.1. The molecule has 2 fully saturated rings. The first kappa shape index (κ1) is 23.4. The normalized spacial score (nSPS) is 19.8. The van der Waals surface area contributed by atoms with Gasteiger partial charge in [-0.1, -0.05) is 40.9 Å². The summed E-state index contributed by atoms with van der Waals surface area (Å²) in [4.78, 5) is 18.5. The van der Waals surface area contributed by atoms with E-state index in [4.69, 9.17) is 4.74 Å². The first-order valence-electron chi connectivity index (χ1n) is 9.87. The molecule has 1 aliphatic heterocycles. The van der Waals surface area contributed by atoms with Crippen LogP contribution in [0.1, 0.15) is 44.1 Å². The largest absolute Gasteiger partial charge is 0.469 e. The summed E-state index contributed by atoms with van der Waals surface area (Å²) in [6.07, 6.45) is 6.61. The molecule has 0 radical (unpaired) electrons. The van der Waals surface area contributed by atoms with E-state index in [1.807, 2.05) is 7.05 Å². The molecule has 0 atom stereocenters. The average Bonchev–Trinajstić information content (AvgIpc) is 3.18. The molecule has 1 aromatic carbocycles. The minimum Gasteiger partial charge on any atom is -0.469 e. The van der Waals surface area contributed by atoms with Gasteiger partial charge in [0.1, 0.15) is 0 Å². The van der Waals surface area contributed by atoms with Gasteiger partial charge in [0.2, 0.25) is 0 Å².